The lowest BCUT2D eigenvalue weighted by molar-refractivity contribution is -0.130. The maximum absolute atomic E-state index is 11.9. The van der Waals surface area contributed by atoms with E-state index in [1.807, 2.05) is 6.92 Å². The van der Waals surface area contributed by atoms with Gasteiger partial charge in [0.2, 0.25) is 11.8 Å². The molecule has 2 amide bonds. The maximum Gasteiger partial charge on any atom is 0.238 e. The van der Waals surface area contributed by atoms with Crippen LogP contribution in [-0.2, 0) is 14.4 Å². The quantitative estimate of drug-likeness (QED) is 0.435. The minimum absolute atomic E-state index is 0.0906. The van der Waals surface area contributed by atoms with Gasteiger partial charge in [-0.2, -0.15) is 12.6 Å². The third-order valence-electron chi connectivity index (χ3n) is 2.70. The van der Waals surface area contributed by atoms with E-state index in [9.17, 15) is 14.4 Å². The summed E-state index contributed by atoms with van der Waals surface area (Å²) in [5.74, 6) is -1.28. The molecule has 0 spiro atoms. The molecule has 0 saturated heterocycles. The average Bonchev–Trinajstić information content (AvgIpc) is 2.32. The van der Waals surface area contributed by atoms with Crippen LogP contribution in [0.1, 0.15) is 26.7 Å². The van der Waals surface area contributed by atoms with E-state index in [0.29, 0.717) is 6.42 Å². The van der Waals surface area contributed by atoms with E-state index in [0.717, 1.165) is 0 Å². The normalized spacial score (nSPS) is 15.6. The van der Waals surface area contributed by atoms with Crippen molar-refractivity contribution < 1.29 is 14.4 Å². The van der Waals surface area contributed by atoms with Crippen LogP contribution in [0, 0.1) is 5.92 Å². The fraction of sp³-hybridized carbons (Fsp3) is 0.727. The summed E-state index contributed by atoms with van der Waals surface area (Å²) in [6.07, 6.45) is 0.439. The van der Waals surface area contributed by atoms with Crippen LogP contribution in [-0.4, -0.2) is 35.4 Å². The SMILES string of the molecule is CCC(C)C(=O)[C@H](CS)NC(=O)[C@@H](N)CC(N)=O. The first-order chi connectivity index (χ1) is 8.33. The lowest BCUT2D eigenvalue weighted by Crippen LogP contribution is -2.51. The highest BCUT2D eigenvalue weighted by Crippen LogP contribution is 2.07. The van der Waals surface area contributed by atoms with E-state index in [1.165, 1.54) is 0 Å². The first-order valence-corrected chi connectivity index (χ1v) is 6.45. The molecule has 5 N–H and O–H groups in total. The summed E-state index contributed by atoms with van der Waals surface area (Å²) in [7, 11) is 0. The molecule has 104 valence electrons. The first kappa shape index (κ1) is 16.9. The predicted molar refractivity (Wildman–Crippen MR) is 72.0 cm³/mol. The van der Waals surface area contributed by atoms with Crippen molar-refractivity contribution in [1.29, 1.82) is 0 Å². The zero-order chi connectivity index (χ0) is 14.3. The number of Topliss-reactive ketones (excluding diaryl/α,β-unsaturated/α-hetero) is 1. The Morgan fingerprint density at radius 1 is 1.33 bits per heavy atom. The number of primary amides is 1. The smallest absolute Gasteiger partial charge is 0.238 e. The molecule has 0 aromatic carbocycles. The van der Waals surface area contributed by atoms with E-state index in [1.54, 1.807) is 6.92 Å². The fourth-order valence-corrected chi connectivity index (χ4v) is 1.61. The van der Waals surface area contributed by atoms with Gasteiger partial charge in [-0.1, -0.05) is 13.8 Å². The van der Waals surface area contributed by atoms with Gasteiger partial charge in [0.1, 0.15) is 0 Å². The van der Waals surface area contributed by atoms with Crippen LogP contribution in [0.4, 0.5) is 0 Å². The Bertz CT molecular complexity index is 323. The van der Waals surface area contributed by atoms with Gasteiger partial charge >= 0.3 is 0 Å². The molecule has 0 aromatic heterocycles. The zero-order valence-corrected chi connectivity index (χ0v) is 11.6. The highest BCUT2D eigenvalue weighted by molar-refractivity contribution is 7.80. The second kappa shape index (κ2) is 8.10. The monoisotopic (exact) mass is 275 g/mol. The molecule has 0 aliphatic carbocycles. The summed E-state index contributed by atoms with van der Waals surface area (Å²) in [6, 6.07) is -1.72. The molecule has 0 fully saturated rings. The molecule has 0 aliphatic rings. The van der Waals surface area contributed by atoms with E-state index in [-0.39, 0.29) is 23.9 Å². The average molecular weight is 275 g/mol. The zero-order valence-electron chi connectivity index (χ0n) is 10.7. The fourth-order valence-electron chi connectivity index (χ4n) is 1.34. The van der Waals surface area contributed by atoms with Gasteiger partial charge in [0.05, 0.1) is 18.5 Å². The number of carbonyl (C=O) groups is 3. The molecular weight excluding hydrogens is 254 g/mol. The highest BCUT2D eigenvalue weighted by atomic mass is 32.1. The Morgan fingerprint density at radius 3 is 2.28 bits per heavy atom. The van der Waals surface area contributed by atoms with E-state index in [4.69, 9.17) is 11.5 Å². The lowest BCUT2D eigenvalue weighted by Gasteiger charge is -2.20. The molecule has 6 nitrogen and oxygen atoms in total. The minimum atomic E-state index is -1.03. The van der Waals surface area contributed by atoms with Gasteiger partial charge in [0.15, 0.2) is 5.78 Å². The van der Waals surface area contributed by atoms with Crippen LogP contribution in [0.3, 0.4) is 0 Å². The second-order valence-corrected chi connectivity index (χ2v) is 4.60. The minimum Gasteiger partial charge on any atom is -0.370 e. The van der Waals surface area contributed by atoms with Gasteiger partial charge in [-0.25, -0.2) is 0 Å². The molecule has 0 rings (SSSR count). The number of nitrogens with one attached hydrogen (secondary N) is 1. The van der Waals surface area contributed by atoms with Gasteiger partial charge < -0.3 is 16.8 Å². The summed E-state index contributed by atoms with van der Waals surface area (Å²) in [5, 5.41) is 2.49. The van der Waals surface area contributed by atoms with Gasteiger partial charge in [-0.05, 0) is 6.42 Å². The molecule has 3 atom stereocenters. The molecule has 7 heteroatoms. The second-order valence-electron chi connectivity index (χ2n) is 4.23. The van der Waals surface area contributed by atoms with Crippen LogP contribution in [0.5, 0.6) is 0 Å². The van der Waals surface area contributed by atoms with Crippen molar-refractivity contribution in [2.75, 3.05) is 5.75 Å². The Kier molecular flexibility index (Phi) is 7.61. The molecule has 0 bridgehead atoms. The number of amides is 2. The Hall–Kier alpha value is -1.08. The van der Waals surface area contributed by atoms with Crippen molar-refractivity contribution in [3.05, 3.63) is 0 Å². The van der Waals surface area contributed by atoms with Crippen LogP contribution < -0.4 is 16.8 Å². The molecule has 0 radical (unpaired) electrons. The number of nitrogens with two attached hydrogens (primary N) is 2. The Balaban J connectivity index is 4.49. The van der Waals surface area contributed by atoms with Crippen molar-refractivity contribution in [2.45, 2.75) is 38.8 Å². The lowest BCUT2D eigenvalue weighted by atomic mass is 9.98. The Labute approximate surface area is 112 Å². The molecule has 0 heterocycles. The van der Waals surface area contributed by atoms with E-state index < -0.39 is 23.9 Å². The molecular formula is C11H21N3O3S. The number of hydrogen-bond donors (Lipinski definition) is 4. The molecule has 0 saturated carbocycles. The first-order valence-electron chi connectivity index (χ1n) is 5.82. The van der Waals surface area contributed by atoms with Gasteiger partial charge in [-0.3, -0.25) is 14.4 Å². The summed E-state index contributed by atoms with van der Waals surface area (Å²) < 4.78 is 0. The van der Waals surface area contributed by atoms with Crippen molar-refractivity contribution >= 4 is 30.2 Å². The van der Waals surface area contributed by atoms with Crippen molar-refractivity contribution in [3.8, 4) is 0 Å². The largest absolute Gasteiger partial charge is 0.370 e. The molecule has 0 aliphatic heterocycles. The van der Waals surface area contributed by atoms with Crippen molar-refractivity contribution in [3.63, 3.8) is 0 Å². The van der Waals surface area contributed by atoms with Gasteiger partial charge in [-0.15, -0.1) is 0 Å². The highest BCUT2D eigenvalue weighted by Gasteiger charge is 2.25. The van der Waals surface area contributed by atoms with Crippen molar-refractivity contribution in [1.82, 2.24) is 5.32 Å². The number of hydrogen-bond acceptors (Lipinski definition) is 5. The summed E-state index contributed by atoms with van der Waals surface area (Å²) in [6.45, 7) is 3.67. The van der Waals surface area contributed by atoms with E-state index >= 15 is 0 Å². The summed E-state index contributed by atoms with van der Waals surface area (Å²) >= 11 is 4.03. The third-order valence-corrected chi connectivity index (χ3v) is 3.06. The summed E-state index contributed by atoms with van der Waals surface area (Å²) in [5.41, 5.74) is 10.4. The van der Waals surface area contributed by atoms with E-state index in [2.05, 4.69) is 17.9 Å². The maximum atomic E-state index is 11.9. The van der Waals surface area contributed by atoms with Gasteiger partial charge in [0.25, 0.3) is 0 Å². The van der Waals surface area contributed by atoms with Crippen LogP contribution in [0.2, 0.25) is 0 Å². The van der Waals surface area contributed by atoms with Crippen LogP contribution in [0.25, 0.3) is 0 Å². The standard InChI is InChI=1S/C11H21N3O3S/c1-3-6(2)10(16)8(5-18)14-11(17)7(12)4-9(13)15/h6-8,18H,3-5,12H2,1-2H3,(H2,13,15)(H,14,17)/t6?,7-,8-/m0/s1. The van der Waals surface area contributed by atoms with Crippen LogP contribution >= 0.6 is 12.6 Å². The van der Waals surface area contributed by atoms with Gasteiger partial charge in [0, 0.05) is 11.7 Å². The number of rotatable bonds is 8. The van der Waals surface area contributed by atoms with Crippen molar-refractivity contribution in [2.24, 2.45) is 17.4 Å². The molecule has 18 heavy (non-hydrogen) atoms. The number of ketones is 1. The third kappa shape index (κ3) is 5.50. The van der Waals surface area contributed by atoms with Crippen LogP contribution in [0.15, 0.2) is 0 Å². The predicted octanol–water partition coefficient (Wildman–Crippen LogP) is -0.781. The Morgan fingerprint density at radius 2 is 1.89 bits per heavy atom. The molecule has 1 unspecified atom stereocenters. The number of thiol groups is 1. The molecule has 0 aromatic rings. The number of carbonyl (C=O) groups excluding carboxylic acids is 3. The topological polar surface area (TPSA) is 115 Å². The summed E-state index contributed by atoms with van der Waals surface area (Å²) in [4.78, 5) is 34.2.